The van der Waals surface area contributed by atoms with Crippen molar-refractivity contribution in [1.82, 2.24) is 10.1 Å². The van der Waals surface area contributed by atoms with Crippen LogP contribution in [0.2, 0.25) is 5.02 Å². The van der Waals surface area contributed by atoms with Gasteiger partial charge in [0.05, 0.1) is 36.2 Å². The number of carbonyl (C=O) groups excluding carboxylic acids is 1. The highest BCUT2D eigenvalue weighted by Crippen LogP contribution is 2.33. The van der Waals surface area contributed by atoms with Gasteiger partial charge >= 0.3 is 0 Å². The fraction of sp³-hybridized carbons (Fsp3) is 0.208. The van der Waals surface area contributed by atoms with E-state index in [0.29, 0.717) is 44.4 Å². The lowest BCUT2D eigenvalue weighted by atomic mass is 10.1. The maximum atomic E-state index is 12.8. The number of carbonyl (C=O) groups is 1. The molecular weight excluding hydrogens is 478 g/mol. The third-order valence-corrected chi connectivity index (χ3v) is 6.20. The molecule has 0 aliphatic rings. The number of halogens is 1. The molecule has 0 atom stereocenters. The highest BCUT2D eigenvalue weighted by molar-refractivity contribution is 7.14. The molecular formula is C24H22ClN3O5S. The van der Waals surface area contributed by atoms with Crippen molar-refractivity contribution in [3.63, 3.8) is 0 Å². The minimum atomic E-state index is -0.316. The van der Waals surface area contributed by atoms with Crippen molar-refractivity contribution >= 4 is 34.0 Å². The second-order valence-corrected chi connectivity index (χ2v) is 8.56. The number of aromatic nitrogens is 2. The second kappa shape index (κ2) is 10.1. The van der Waals surface area contributed by atoms with E-state index in [2.05, 4.69) is 15.5 Å². The zero-order chi connectivity index (χ0) is 24.2. The summed E-state index contributed by atoms with van der Waals surface area (Å²) in [5, 5.41) is 9.54. The van der Waals surface area contributed by atoms with Gasteiger partial charge in [0.2, 0.25) is 0 Å². The van der Waals surface area contributed by atoms with Crippen LogP contribution >= 0.6 is 22.9 Å². The maximum Gasteiger partial charge on any atom is 0.257 e. The highest BCUT2D eigenvalue weighted by atomic mass is 35.5. The second-order valence-electron chi connectivity index (χ2n) is 7.30. The predicted octanol–water partition coefficient (Wildman–Crippen LogP) is 5.92. The maximum absolute atomic E-state index is 12.8. The Balaban J connectivity index is 1.45. The number of benzene rings is 2. The molecule has 0 unspecified atom stereocenters. The van der Waals surface area contributed by atoms with Crippen molar-refractivity contribution in [2.75, 3.05) is 19.5 Å². The Hall–Kier alpha value is -3.56. The third-order valence-electron chi connectivity index (χ3n) is 5.15. The van der Waals surface area contributed by atoms with Gasteiger partial charge in [0, 0.05) is 16.5 Å². The molecule has 4 rings (SSSR count). The smallest absolute Gasteiger partial charge is 0.257 e. The van der Waals surface area contributed by atoms with Gasteiger partial charge in [-0.3, -0.25) is 10.1 Å². The normalized spacial score (nSPS) is 10.7. The van der Waals surface area contributed by atoms with E-state index in [1.165, 1.54) is 18.4 Å². The van der Waals surface area contributed by atoms with E-state index in [9.17, 15) is 4.79 Å². The van der Waals surface area contributed by atoms with E-state index in [0.717, 1.165) is 16.8 Å². The standard InChI is InChI=1S/C24H22ClN3O5S/c1-13-17(14(2)33-28-13)11-32-21-8-6-16(10-22(21)31-4)23(29)27-24-26-19(12-34-24)15-5-7-20(30-3)18(25)9-15/h5-10,12H,11H2,1-4H3,(H,26,27,29). The summed E-state index contributed by atoms with van der Waals surface area (Å²) in [6.07, 6.45) is 0. The number of nitrogens with zero attached hydrogens (tertiary/aromatic N) is 2. The topological polar surface area (TPSA) is 95.7 Å². The lowest BCUT2D eigenvalue weighted by Gasteiger charge is -2.12. The van der Waals surface area contributed by atoms with E-state index in [1.54, 1.807) is 37.4 Å². The SMILES string of the molecule is COc1ccc(-c2csc(NC(=O)c3ccc(OCc4c(C)noc4C)c(OC)c3)n2)cc1Cl. The number of methoxy groups -OCH3 is 2. The Labute approximate surface area is 205 Å². The van der Waals surface area contributed by atoms with Crippen molar-refractivity contribution in [1.29, 1.82) is 0 Å². The molecule has 1 amide bonds. The fourth-order valence-electron chi connectivity index (χ4n) is 3.24. The molecule has 0 saturated heterocycles. The van der Waals surface area contributed by atoms with Gasteiger partial charge in [0.15, 0.2) is 16.6 Å². The van der Waals surface area contributed by atoms with E-state index in [-0.39, 0.29) is 12.5 Å². The number of amides is 1. The van der Waals surface area contributed by atoms with Crippen molar-refractivity contribution in [3.8, 4) is 28.5 Å². The minimum Gasteiger partial charge on any atom is -0.495 e. The first-order valence-electron chi connectivity index (χ1n) is 10.2. The van der Waals surface area contributed by atoms with Crippen LogP contribution in [0, 0.1) is 13.8 Å². The van der Waals surface area contributed by atoms with E-state index < -0.39 is 0 Å². The molecule has 0 aliphatic heterocycles. The molecule has 0 fully saturated rings. The summed E-state index contributed by atoms with van der Waals surface area (Å²) < 4.78 is 21.7. The molecule has 0 saturated carbocycles. The summed E-state index contributed by atoms with van der Waals surface area (Å²) in [6, 6.07) is 10.4. The summed E-state index contributed by atoms with van der Waals surface area (Å²) in [4.78, 5) is 17.3. The average Bonchev–Trinajstić information content (AvgIpc) is 3.43. The van der Waals surface area contributed by atoms with Gasteiger partial charge in [-0.2, -0.15) is 0 Å². The molecule has 0 spiro atoms. The summed E-state index contributed by atoms with van der Waals surface area (Å²) in [7, 11) is 3.08. The van der Waals surface area contributed by atoms with Crippen LogP contribution in [-0.2, 0) is 6.61 Å². The van der Waals surface area contributed by atoms with Gasteiger partial charge in [0.25, 0.3) is 5.91 Å². The van der Waals surface area contributed by atoms with Crippen LogP contribution in [0.5, 0.6) is 17.2 Å². The van der Waals surface area contributed by atoms with E-state index in [1.807, 2.05) is 25.3 Å². The van der Waals surface area contributed by atoms with Gasteiger partial charge in [-0.1, -0.05) is 16.8 Å². The number of ether oxygens (including phenoxy) is 3. The number of thiazole rings is 1. The van der Waals surface area contributed by atoms with Gasteiger partial charge in [-0.05, 0) is 50.2 Å². The Bertz CT molecular complexity index is 1310. The van der Waals surface area contributed by atoms with Gasteiger partial charge in [-0.25, -0.2) is 4.98 Å². The summed E-state index contributed by atoms with van der Waals surface area (Å²) in [5.74, 6) is 1.91. The van der Waals surface area contributed by atoms with Gasteiger partial charge < -0.3 is 18.7 Å². The Kier molecular flexibility index (Phi) is 7.04. The number of rotatable bonds is 8. The largest absolute Gasteiger partial charge is 0.495 e. The van der Waals surface area contributed by atoms with E-state index >= 15 is 0 Å². The number of hydrogen-bond acceptors (Lipinski definition) is 8. The molecule has 0 bridgehead atoms. The molecule has 2 aromatic carbocycles. The number of anilines is 1. The lowest BCUT2D eigenvalue weighted by Crippen LogP contribution is -2.12. The van der Waals surface area contributed by atoms with Gasteiger partial charge in [-0.15, -0.1) is 11.3 Å². The van der Waals surface area contributed by atoms with Crippen molar-refractivity contribution < 1.29 is 23.5 Å². The quantitative estimate of drug-likeness (QED) is 0.321. The monoisotopic (exact) mass is 499 g/mol. The first kappa shape index (κ1) is 23.6. The van der Waals surface area contributed by atoms with Crippen LogP contribution in [0.25, 0.3) is 11.3 Å². The fourth-order valence-corrected chi connectivity index (χ4v) is 4.22. The molecule has 10 heteroatoms. The molecule has 176 valence electrons. The molecule has 0 radical (unpaired) electrons. The molecule has 34 heavy (non-hydrogen) atoms. The molecule has 0 aliphatic carbocycles. The molecule has 2 aromatic heterocycles. The Morgan fingerprint density at radius 2 is 1.85 bits per heavy atom. The molecule has 4 aromatic rings. The first-order valence-corrected chi connectivity index (χ1v) is 11.5. The predicted molar refractivity (Wildman–Crippen MR) is 130 cm³/mol. The number of nitrogens with one attached hydrogen (secondary N) is 1. The van der Waals surface area contributed by atoms with Crippen molar-refractivity contribution in [2.24, 2.45) is 0 Å². The number of aryl methyl sites for hydroxylation is 2. The summed E-state index contributed by atoms with van der Waals surface area (Å²) in [6.45, 7) is 3.96. The van der Waals surface area contributed by atoms with Crippen LogP contribution in [0.1, 0.15) is 27.4 Å². The molecule has 1 N–H and O–H groups in total. The zero-order valence-electron chi connectivity index (χ0n) is 19.0. The minimum absolute atomic E-state index is 0.278. The molecule has 2 heterocycles. The van der Waals surface area contributed by atoms with Crippen LogP contribution in [0.3, 0.4) is 0 Å². The first-order chi connectivity index (χ1) is 16.4. The van der Waals surface area contributed by atoms with Crippen molar-refractivity contribution in [2.45, 2.75) is 20.5 Å². The highest BCUT2D eigenvalue weighted by Gasteiger charge is 2.16. The van der Waals surface area contributed by atoms with E-state index in [4.69, 9.17) is 30.3 Å². The van der Waals surface area contributed by atoms with Crippen LogP contribution in [0.4, 0.5) is 5.13 Å². The lowest BCUT2D eigenvalue weighted by molar-refractivity contribution is 0.102. The number of hydrogen-bond donors (Lipinski definition) is 1. The summed E-state index contributed by atoms with van der Waals surface area (Å²) >= 11 is 7.53. The van der Waals surface area contributed by atoms with Crippen molar-refractivity contribution in [3.05, 3.63) is 69.4 Å². The zero-order valence-corrected chi connectivity index (χ0v) is 20.5. The van der Waals surface area contributed by atoms with Gasteiger partial charge in [0.1, 0.15) is 18.1 Å². The van der Waals surface area contributed by atoms with Crippen LogP contribution in [-0.4, -0.2) is 30.3 Å². The van der Waals surface area contributed by atoms with Crippen LogP contribution in [0.15, 0.2) is 46.3 Å². The summed E-state index contributed by atoms with van der Waals surface area (Å²) in [5.41, 5.74) is 3.58. The van der Waals surface area contributed by atoms with Crippen LogP contribution < -0.4 is 19.5 Å². The Morgan fingerprint density at radius 3 is 2.53 bits per heavy atom. The average molecular weight is 500 g/mol. The molecule has 8 nitrogen and oxygen atoms in total. The third kappa shape index (κ3) is 5.00. The Morgan fingerprint density at radius 1 is 1.09 bits per heavy atom.